The van der Waals surface area contributed by atoms with Crippen LogP contribution in [0.2, 0.25) is 0 Å². The Morgan fingerprint density at radius 3 is 2.64 bits per heavy atom. The van der Waals surface area contributed by atoms with Gasteiger partial charge in [-0.2, -0.15) is 0 Å². The zero-order valence-corrected chi connectivity index (χ0v) is 13.5. The molecule has 2 rings (SSSR count). The maximum atomic E-state index is 12.5. The van der Waals surface area contributed by atoms with Gasteiger partial charge in [0.05, 0.1) is 11.7 Å². The number of allylic oxidation sites excluding steroid dienone is 1. The molecule has 0 spiro atoms. The van der Waals surface area contributed by atoms with Crippen molar-refractivity contribution in [3.8, 4) is 0 Å². The average Bonchev–Trinajstić information content (AvgIpc) is 2.84. The molecule has 5 nitrogen and oxygen atoms in total. The number of aliphatic hydroxyl groups is 1. The van der Waals surface area contributed by atoms with Gasteiger partial charge in [-0.1, -0.05) is 6.08 Å². The Balaban J connectivity index is 1.83. The molecule has 0 aromatic carbocycles. The molecule has 0 saturated carbocycles. The van der Waals surface area contributed by atoms with E-state index >= 15 is 0 Å². The quantitative estimate of drug-likeness (QED) is 0.817. The van der Waals surface area contributed by atoms with Crippen molar-refractivity contribution in [2.75, 3.05) is 32.7 Å². The monoisotopic (exact) mass is 306 g/mol. The number of piperazine rings is 1. The van der Waals surface area contributed by atoms with E-state index in [1.807, 2.05) is 30.9 Å². The topological polar surface area (TPSA) is 56.9 Å². The molecule has 5 heteroatoms. The van der Waals surface area contributed by atoms with Crippen LogP contribution in [-0.4, -0.2) is 59.6 Å². The Hall–Kier alpha value is -1.59. The van der Waals surface area contributed by atoms with Crippen molar-refractivity contribution in [2.45, 2.75) is 32.8 Å². The summed E-state index contributed by atoms with van der Waals surface area (Å²) in [6.45, 7) is 11.0. The van der Waals surface area contributed by atoms with Gasteiger partial charge in [-0.05, 0) is 32.8 Å². The summed E-state index contributed by atoms with van der Waals surface area (Å²) in [4.78, 5) is 16.6. The third-order valence-electron chi connectivity index (χ3n) is 4.10. The van der Waals surface area contributed by atoms with Gasteiger partial charge in [-0.25, -0.2) is 0 Å². The molecule has 1 saturated heterocycles. The van der Waals surface area contributed by atoms with E-state index in [-0.39, 0.29) is 12.0 Å². The molecule has 0 radical (unpaired) electrons. The van der Waals surface area contributed by atoms with Gasteiger partial charge in [0.25, 0.3) is 5.91 Å². The van der Waals surface area contributed by atoms with Gasteiger partial charge in [-0.15, -0.1) is 6.58 Å². The summed E-state index contributed by atoms with van der Waals surface area (Å²) >= 11 is 0. The molecule has 1 aliphatic heterocycles. The van der Waals surface area contributed by atoms with Gasteiger partial charge in [-0.3, -0.25) is 9.69 Å². The zero-order valence-electron chi connectivity index (χ0n) is 13.5. The minimum Gasteiger partial charge on any atom is -0.466 e. The minimum atomic E-state index is -0.320. The lowest BCUT2D eigenvalue weighted by Gasteiger charge is -2.35. The summed E-state index contributed by atoms with van der Waals surface area (Å²) in [7, 11) is 0. The first-order valence-corrected chi connectivity index (χ1v) is 7.89. The molecule has 1 aromatic rings. The van der Waals surface area contributed by atoms with Crippen molar-refractivity contribution < 1.29 is 14.3 Å². The number of hydrogen-bond donors (Lipinski definition) is 1. The summed E-state index contributed by atoms with van der Waals surface area (Å²) in [5, 5.41) is 9.94. The molecule has 1 N–H and O–H groups in total. The SMILES string of the molecule is C=CCCC(O)CN1CCN(C(=O)c2cc(C)oc2C)CC1. The van der Waals surface area contributed by atoms with Crippen LogP contribution >= 0.6 is 0 Å². The number of rotatable bonds is 6. The highest BCUT2D eigenvalue weighted by Crippen LogP contribution is 2.17. The molecule has 0 bridgehead atoms. The van der Waals surface area contributed by atoms with Crippen LogP contribution in [0.3, 0.4) is 0 Å². The molecule has 1 unspecified atom stereocenters. The predicted octanol–water partition coefficient (Wildman–Crippen LogP) is 1.98. The number of aliphatic hydroxyl groups excluding tert-OH is 1. The van der Waals surface area contributed by atoms with E-state index in [0.29, 0.717) is 31.0 Å². The maximum Gasteiger partial charge on any atom is 0.257 e. The van der Waals surface area contributed by atoms with Crippen LogP contribution in [0, 0.1) is 13.8 Å². The largest absolute Gasteiger partial charge is 0.466 e. The highest BCUT2D eigenvalue weighted by atomic mass is 16.3. The molecule has 0 aliphatic carbocycles. The smallest absolute Gasteiger partial charge is 0.257 e. The highest BCUT2D eigenvalue weighted by Gasteiger charge is 2.25. The van der Waals surface area contributed by atoms with E-state index in [1.165, 1.54) is 0 Å². The third kappa shape index (κ3) is 4.21. The Bertz CT molecular complexity index is 516. The lowest BCUT2D eigenvalue weighted by Crippen LogP contribution is -2.50. The Morgan fingerprint density at radius 1 is 1.41 bits per heavy atom. The second kappa shape index (κ2) is 7.61. The van der Waals surface area contributed by atoms with E-state index in [9.17, 15) is 9.90 Å². The first-order valence-electron chi connectivity index (χ1n) is 7.89. The zero-order chi connectivity index (χ0) is 16.1. The normalized spacial score (nSPS) is 17.5. The van der Waals surface area contributed by atoms with E-state index in [4.69, 9.17) is 4.42 Å². The predicted molar refractivity (Wildman–Crippen MR) is 86.0 cm³/mol. The molecule has 1 aromatic heterocycles. The summed E-state index contributed by atoms with van der Waals surface area (Å²) in [5.74, 6) is 1.50. The van der Waals surface area contributed by atoms with Gasteiger partial charge >= 0.3 is 0 Å². The van der Waals surface area contributed by atoms with Crippen LogP contribution in [0.5, 0.6) is 0 Å². The van der Waals surface area contributed by atoms with Crippen molar-refractivity contribution in [2.24, 2.45) is 0 Å². The molecule has 122 valence electrons. The lowest BCUT2D eigenvalue weighted by molar-refractivity contribution is 0.0516. The van der Waals surface area contributed by atoms with Crippen molar-refractivity contribution in [3.63, 3.8) is 0 Å². The number of hydrogen-bond acceptors (Lipinski definition) is 4. The maximum absolute atomic E-state index is 12.5. The van der Waals surface area contributed by atoms with Crippen molar-refractivity contribution in [3.05, 3.63) is 35.8 Å². The summed E-state index contributed by atoms with van der Waals surface area (Å²) in [5.41, 5.74) is 0.664. The fourth-order valence-corrected chi connectivity index (χ4v) is 2.85. The average molecular weight is 306 g/mol. The number of furan rings is 1. The van der Waals surface area contributed by atoms with E-state index in [1.54, 1.807) is 0 Å². The van der Waals surface area contributed by atoms with E-state index in [0.717, 1.165) is 31.7 Å². The van der Waals surface area contributed by atoms with Gasteiger partial charge in [0.1, 0.15) is 11.5 Å². The second-order valence-electron chi connectivity index (χ2n) is 5.94. The molecule has 22 heavy (non-hydrogen) atoms. The Kier molecular flexibility index (Phi) is 5.80. The number of carbonyl (C=O) groups is 1. The molecule has 1 atom stereocenters. The fraction of sp³-hybridized carbons (Fsp3) is 0.588. The van der Waals surface area contributed by atoms with Crippen LogP contribution in [0.4, 0.5) is 0 Å². The molecule has 1 aliphatic rings. The summed E-state index contributed by atoms with van der Waals surface area (Å²) in [6.07, 6.45) is 3.09. The number of amides is 1. The van der Waals surface area contributed by atoms with Gasteiger partial charge in [0.15, 0.2) is 0 Å². The van der Waals surface area contributed by atoms with Crippen LogP contribution in [0.1, 0.15) is 34.7 Å². The molecule has 2 heterocycles. The standard InChI is InChI=1S/C17H26N2O3/c1-4-5-6-15(20)12-18-7-9-19(10-8-18)17(21)16-11-13(2)22-14(16)3/h4,11,15,20H,1,5-10,12H2,2-3H3. The number of nitrogens with zero attached hydrogens (tertiary/aromatic N) is 2. The van der Waals surface area contributed by atoms with Crippen LogP contribution < -0.4 is 0 Å². The first-order chi connectivity index (χ1) is 10.5. The van der Waals surface area contributed by atoms with Gasteiger partial charge < -0.3 is 14.4 Å². The molecular formula is C17H26N2O3. The number of carbonyl (C=O) groups excluding carboxylic acids is 1. The van der Waals surface area contributed by atoms with Crippen molar-refractivity contribution >= 4 is 5.91 Å². The molecule has 1 fully saturated rings. The van der Waals surface area contributed by atoms with Crippen LogP contribution in [0.15, 0.2) is 23.1 Å². The molecule has 1 amide bonds. The fourth-order valence-electron chi connectivity index (χ4n) is 2.85. The Morgan fingerprint density at radius 2 is 2.09 bits per heavy atom. The summed E-state index contributed by atoms with van der Waals surface area (Å²) < 4.78 is 5.44. The number of β-amino-alcohol motifs (C(OH)–C–C–N with tert-alkyl or cyclic N) is 1. The summed E-state index contributed by atoms with van der Waals surface area (Å²) in [6, 6.07) is 1.81. The molecular weight excluding hydrogens is 280 g/mol. The van der Waals surface area contributed by atoms with Crippen LogP contribution in [-0.2, 0) is 0 Å². The number of aryl methyl sites for hydroxylation is 2. The first kappa shape index (κ1) is 16.8. The van der Waals surface area contributed by atoms with Crippen molar-refractivity contribution in [1.82, 2.24) is 9.80 Å². The van der Waals surface area contributed by atoms with E-state index < -0.39 is 0 Å². The minimum absolute atomic E-state index is 0.0428. The Labute approximate surface area is 132 Å². The van der Waals surface area contributed by atoms with Crippen LogP contribution in [0.25, 0.3) is 0 Å². The van der Waals surface area contributed by atoms with E-state index in [2.05, 4.69) is 11.5 Å². The van der Waals surface area contributed by atoms with Gasteiger partial charge in [0.2, 0.25) is 0 Å². The second-order valence-corrected chi connectivity index (χ2v) is 5.94. The third-order valence-corrected chi connectivity index (χ3v) is 4.10. The van der Waals surface area contributed by atoms with Crippen molar-refractivity contribution in [1.29, 1.82) is 0 Å². The lowest BCUT2D eigenvalue weighted by atomic mass is 10.1. The van der Waals surface area contributed by atoms with Gasteiger partial charge in [0, 0.05) is 32.7 Å². The highest BCUT2D eigenvalue weighted by molar-refractivity contribution is 5.95.